The zero-order valence-corrected chi connectivity index (χ0v) is 10.1. The van der Waals surface area contributed by atoms with E-state index >= 15 is 0 Å². The van der Waals surface area contributed by atoms with Crippen LogP contribution in [0.2, 0.25) is 0 Å². The van der Waals surface area contributed by atoms with E-state index in [1.807, 2.05) is 0 Å². The summed E-state index contributed by atoms with van der Waals surface area (Å²) in [5.74, 6) is -1.26. The van der Waals surface area contributed by atoms with Gasteiger partial charge in [-0.25, -0.2) is 13.6 Å². The van der Waals surface area contributed by atoms with Crippen LogP contribution in [-0.2, 0) is 14.8 Å². The minimum Gasteiger partial charge on any atom is -0.481 e. The molecule has 0 saturated heterocycles. The van der Waals surface area contributed by atoms with Crippen LogP contribution < -0.4 is 5.14 Å². The first-order chi connectivity index (χ1) is 7.71. The van der Waals surface area contributed by atoms with Crippen molar-refractivity contribution >= 4 is 27.3 Å². The van der Waals surface area contributed by atoms with Crippen molar-refractivity contribution in [2.45, 2.75) is 22.8 Å². The Labute approximate surface area is 101 Å². The minimum absolute atomic E-state index is 0.141. The van der Waals surface area contributed by atoms with Crippen LogP contribution in [-0.4, -0.2) is 35.8 Å². The molecule has 1 aromatic heterocycles. The van der Waals surface area contributed by atoms with E-state index in [9.17, 15) is 23.4 Å². The maximum Gasteiger partial charge on any atom is 0.306 e. The maximum atomic E-state index is 11.0. The minimum atomic E-state index is -3.85. The van der Waals surface area contributed by atoms with E-state index in [1.165, 1.54) is 12.1 Å². The fourth-order valence-corrected chi connectivity index (χ4v) is 2.92. The first-order valence-electron chi connectivity index (χ1n) is 4.42. The number of aliphatic hydroxyl groups is 2. The summed E-state index contributed by atoms with van der Waals surface area (Å²) < 4.78 is 21.8. The van der Waals surface area contributed by atoms with Gasteiger partial charge in [0.1, 0.15) is 10.3 Å². The summed E-state index contributed by atoms with van der Waals surface area (Å²) in [6.07, 6.45) is -3.59. The van der Waals surface area contributed by atoms with E-state index in [4.69, 9.17) is 10.2 Å². The van der Waals surface area contributed by atoms with Gasteiger partial charge in [0, 0.05) is 4.88 Å². The Morgan fingerprint density at radius 1 is 1.41 bits per heavy atom. The van der Waals surface area contributed by atoms with Crippen LogP contribution in [0.3, 0.4) is 0 Å². The molecule has 2 unspecified atom stereocenters. The van der Waals surface area contributed by atoms with Crippen molar-refractivity contribution in [1.29, 1.82) is 0 Å². The van der Waals surface area contributed by atoms with Crippen LogP contribution in [0.5, 0.6) is 0 Å². The Morgan fingerprint density at radius 3 is 2.41 bits per heavy atom. The molecule has 0 saturated carbocycles. The van der Waals surface area contributed by atoms with Crippen LogP contribution in [0, 0.1) is 0 Å². The Bertz CT molecular complexity index is 508. The Balaban J connectivity index is 2.87. The highest BCUT2D eigenvalue weighted by Crippen LogP contribution is 2.28. The summed E-state index contributed by atoms with van der Waals surface area (Å²) in [5.41, 5.74) is 0. The summed E-state index contributed by atoms with van der Waals surface area (Å²) >= 11 is 0.687. The number of aliphatic carboxylic acids is 1. The Morgan fingerprint density at radius 2 is 2.00 bits per heavy atom. The van der Waals surface area contributed by atoms with Crippen LogP contribution >= 0.6 is 11.3 Å². The molecule has 0 bridgehead atoms. The summed E-state index contributed by atoms with van der Waals surface area (Å²) in [6, 6.07) is 2.46. The van der Waals surface area contributed by atoms with Gasteiger partial charge in [-0.3, -0.25) is 4.79 Å². The molecule has 0 aliphatic rings. The molecule has 5 N–H and O–H groups in total. The number of carboxylic acids is 1. The van der Waals surface area contributed by atoms with Crippen molar-refractivity contribution in [2.24, 2.45) is 5.14 Å². The van der Waals surface area contributed by atoms with Crippen molar-refractivity contribution in [1.82, 2.24) is 0 Å². The third kappa shape index (κ3) is 3.75. The van der Waals surface area contributed by atoms with Gasteiger partial charge in [-0.2, -0.15) is 0 Å². The normalized spacial score (nSPS) is 15.5. The van der Waals surface area contributed by atoms with Crippen LogP contribution in [0.1, 0.15) is 17.4 Å². The molecule has 96 valence electrons. The number of rotatable bonds is 5. The summed E-state index contributed by atoms with van der Waals surface area (Å²) in [7, 11) is -3.85. The molecule has 7 nitrogen and oxygen atoms in total. The Kier molecular flexibility index (Phi) is 4.22. The van der Waals surface area contributed by atoms with E-state index in [1.54, 1.807) is 0 Å². The summed E-state index contributed by atoms with van der Waals surface area (Å²) in [4.78, 5) is 10.5. The van der Waals surface area contributed by atoms with Gasteiger partial charge in [0.25, 0.3) is 0 Å². The zero-order chi connectivity index (χ0) is 13.2. The number of hydrogen-bond acceptors (Lipinski definition) is 6. The van der Waals surface area contributed by atoms with Crippen molar-refractivity contribution < 1.29 is 28.5 Å². The molecule has 17 heavy (non-hydrogen) atoms. The monoisotopic (exact) mass is 281 g/mol. The molecular formula is C8H11NO6S2. The quantitative estimate of drug-likeness (QED) is 0.561. The van der Waals surface area contributed by atoms with E-state index in [0.29, 0.717) is 11.3 Å². The average Bonchev–Trinajstić information content (AvgIpc) is 2.63. The Hall–Kier alpha value is -1.00. The molecule has 1 rings (SSSR count). The molecule has 1 aromatic rings. The molecule has 0 aromatic carbocycles. The second kappa shape index (κ2) is 5.10. The van der Waals surface area contributed by atoms with Gasteiger partial charge < -0.3 is 15.3 Å². The van der Waals surface area contributed by atoms with Crippen molar-refractivity contribution in [3.63, 3.8) is 0 Å². The fourth-order valence-electron chi connectivity index (χ4n) is 1.13. The maximum absolute atomic E-state index is 11.0. The predicted octanol–water partition coefficient (Wildman–Crippen LogP) is -0.736. The van der Waals surface area contributed by atoms with E-state index in [0.717, 1.165) is 0 Å². The molecule has 0 amide bonds. The van der Waals surface area contributed by atoms with Gasteiger partial charge in [-0.05, 0) is 12.1 Å². The number of carbonyl (C=O) groups is 1. The zero-order valence-electron chi connectivity index (χ0n) is 8.48. The lowest BCUT2D eigenvalue weighted by Crippen LogP contribution is -2.21. The first-order valence-corrected chi connectivity index (χ1v) is 6.78. The molecule has 0 fully saturated rings. The first kappa shape index (κ1) is 14.1. The van der Waals surface area contributed by atoms with E-state index < -0.39 is 34.6 Å². The van der Waals surface area contributed by atoms with Gasteiger partial charge in [0.15, 0.2) is 0 Å². The van der Waals surface area contributed by atoms with E-state index in [2.05, 4.69) is 0 Å². The highest BCUT2D eigenvalue weighted by molar-refractivity contribution is 7.91. The number of primary sulfonamides is 1. The topological polar surface area (TPSA) is 138 Å². The number of sulfonamides is 1. The van der Waals surface area contributed by atoms with Gasteiger partial charge in [0.2, 0.25) is 10.0 Å². The molecule has 2 atom stereocenters. The lowest BCUT2D eigenvalue weighted by Gasteiger charge is -2.13. The highest BCUT2D eigenvalue weighted by Gasteiger charge is 2.24. The lowest BCUT2D eigenvalue weighted by atomic mass is 10.1. The van der Waals surface area contributed by atoms with Crippen LogP contribution in [0.4, 0.5) is 0 Å². The predicted molar refractivity (Wildman–Crippen MR) is 58.9 cm³/mol. The smallest absolute Gasteiger partial charge is 0.306 e. The number of carboxylic acid groups (broad SMARTS) is 1. The van der Waals surface area contributed by atoms with Crippen molar-refractivity contribution in [2.75, 3.05) is 0 Å². The van der Waals surface area contributed by atoms with E-state index in [-0.39, 0.29) is 9.09 Å². The number of hydrogen-bond donors (Lipinski definition) is 4. The molecular weight excluding hydrogens is 270 g/mol. The molecule has 0 aliphatic carbocycles. The second-order valence-corrected chi connectivity index (χ2v) is 6.22. The summed E-state index contributed by atoms with van der Waals surface area (Å²) in [5, 5.41) is 32.2. The molecule has 1 heterocycles. The number of aliphatic hydroxyl groups excluding tert-OH is 2. The standard InChI is InChI=1S/C8H11NO6S2/c9-17(14,15)7-2-1-5(16-7)8(13)4(10)3-6(11)12/h1-2,4,8,10,13H,3H2,(H,11,12)(H2,9,14,15). The molecule has 9 heteroatoms. The second-order valence-electron chi connectivity index (χ2n) is 3.31. The van der Waals surface area contributed by atoms with Gasteiger partial charge in [-0.15, -0.1) is 11.3 Å². The van der Waals surface area contributed by atoms with Gasteiger partial charge in [0.05, 0.1) is 12.5 Å². The van der Waals surface area contributed by atoms with Crippen molar-refractivity contribution in [3.8, 4) is 0 Å². The van der Waals surface area contributed by atoms with Gasteiger partial charge in [-0.1, -0.05) is 0 Å². The average molecular weight is 281 g/mol. The fraction of sp³-hybridized carbons (Fsp3) is 0.375. The molecule has 0 spiro atoms. The largest absolute Gasteiger partial charge is 0.481 e. The van der Waals surface area contributed by atoms with Crippen LogP contribution in [0.15, 0.2) is 16.3 Å². The van der Waals surface area contributed by atoms with Crippen LogP contribution in [0.25, 0.3) is 0 Å². The SMILES string of the molecule is NS(=O)(=O)c1ccc(C(O)C(O)CC(=O)O)s1. The number of thiophene rings is 1. The molecule has 0 aliphatic heterocycles. The lowest BCUT2D eigenvalue weighted by molar-refractivity contribution is -0.141. The summed E-state index contributed by atoms with van der Waals surface area (Å²) in [6.45, 7) is 0. The number of nitrogens with two attached hydrogens (primary N) is 1. The van der Waals surface area contributed by atoms with Gasteiger partial charge >= 0.3 is 5.97 Å². The molecule has 0 radical (unpaired) electrons. The highest BCUT2D eigenvalue weighted by atomic mass is 32.2. The van der Waals surface area contributed by atoms with Crippen molar-refractivity contribution in [3.05, 3.63) is 17.0 Å². The third-order valence-electron chi connectivity index (χ3n) is 1.92. The third-order valence-corrected chi connectivity index (χ3v) is 4.52.